The first kappa shape index (κ1) is 54.4. The van der Waals surface area contributed by atoms with Crippen molar-refractivity contribution >= 4 is 0 Å². The van der Waals surface area contributed by atoms with Gasteiger partial charge in [-0.05, 0) is 116 Å². The standard InChI is InChI=1S/C54H98O2/c1-4-7-10-13-16-19-22-25-28-31-34-37-40-43-46-49-52-54(56,51-48-45-42-39-36-33-30-27-24-21-18-15-12-9-6-3)53(55)50-47-44-41-38-35-32-29-26-23-20-17-14-11-8-5-2/h16-21,25-30,53,55-56H,4-15,22-24,31-52H2,1-3H3. The lowest BCUT2D eigenvalue weighted by Crippen LogP contribution is -2.42. The molecule has 326 valence electrons. The molecule has 2 atom stereocenters. The highest BCUT2D eigenvalue weighted by Gasteiger charge is 2.34. The van der Waals surface area contributed by atoms with Crippen LogP contribution in [0.1, 0.15) is 258 Å². The monoisotopic (exact) mass is 779 g/mol. The maximum absolute atomic E-state index is 11.8. The molecule has 0 bridgehead atoms. The van der Waals surface area contributed by atoms with E-state index in [4.69, 9.17) is 0 Å². The third-order valence-corrected chi connectivity index (χ3v) is 11.4. The lowest BCUT2D eigenvalue weighted by Gasteiger charge is -2.34. The van der Waals surface area contributed by atoms with E-state index in [1.165, 1.54) is 167 Å². The van der Waals surface area contributed by atoms with E-state index >= 15 is 0 Å². The first-order valence-corrected chi connectivity index (χ1v) is 24.9. The molecule has 0 fully saturated rings. The summed E-state index contributed by atoms with van der Waals surface area (Å²) in [6.07, 6.45) is 71.1. The van der Waals surface area contributed by atoms with Gasteiger partial charge in [-0.1, -0.05) is 216 Å². The fourth-order valence-corrected chi connectivity index (χ4v) is 7.54. The minimum Gasteiger partial charge on any atom is -0.390 e. The Bertz CT molecular complexity index is 938. The molecule has 0 saturated heterocycles. The molecular weight excluding hydrogens is 681 g/mol. The van der Waals surface area contributed by atoms with Crippen LogP contribution in [0.15, 0.2) is 72.9 Å². The van der Waals surface area contributed by atoms with Crippen LogP contribution < -0.4 is 0 Å². The zero-order valence-corrected chi connectivity index (χ0v) is 38.1. The topological polar surface area (TPSA) is 40.5 Å². The molecule has 0 aliphatic rings. The highest BCUT2D eigenvalue weighted by atomic mass is 16.3. The lowest BCUT2D eigenvalue weighted by atomic mass is 9.82. The van der Waals surface area contributed by atoms with Crippen LogP contribution in [-0.4, -0.2) is 21.9 Å². The Balaban J connectivity index is 4.40. The molecule has 0 saturated carbocycles. The fourth-order valence-electron chi connectivity index (χ4n) is 7.54. The molecule has 0 aromatic carbocycles. The second-order valence-electron chi connectivity index (χ2n) is 17.0. The molecule has 0 aromatic heterocycles. The molecule has 0 heterocycles. The molecule has 0 radical (unpaired) electrons. The Kier molecular flexibility index (Phi) is 44.7. The minimum absolute atomic E-state index is 0.593. The predicted octanol–water partition coefficient (Wildman–Crippen LogP) is 17.9. The summed E-state index contributed by atoms with van der Waals surface area (Å²) in [5.41, 5.74) is -0.919. The van der Waals surface area contributed by atoms with Gasteiger partial charge in [0, 0.05) is 0 Å². The van der Waals surface area contributed by atoms with Crippen LogP contribution in [0.4, 0.5) is 0 Å². The van der Waals surface area contributed by atoms with Crippen molar-refractivity contribution in [3.05, 3.63) is 72.9 Å². The number of hydrogen-bond donors (Lipinski definition) is 2. The third-order valence-electron chi connectivity index (χ3n) is 11.4. The van der Waals surface area contributed by atoms with Crippen LogP contribution >= 0.6 is 0 Å². The fraction of sp³-hybridized carbons (Fsp3) is 0.778. The quantitative estimate of drug-likeness (QED) is 0.0478. The van der Waals surface area contributed by atoms with Gasteiger partial charge < -0.3 is 10.2 Å². The summed E-state index contributed by atoms with van der Waals surface area (Å²) in [5.74, 6) is 0. The highest BCUT2D eigenvalue weighted by Crippen LogP contribution is 2.30. The third kappa shape index (κ3) is 40.6. The molecule has 0 aromatic rings. The van der Waals surface area contributed by atoms with Crippen molar-refractivity contribution in [2.45, 2.75) is 270 Å². The first-order chi connectivity index (χ1) is 27.6. The van der Waals surface area contributed by atoms with E-state index in [0.29, 0.717) is 0 Å². The largest absolute Gasteiger partial charge is 0.390 e. The van der Waals surface area contributed by atoms with E-state index < -0.39 is 11.7 Å². The summed E-state index contributed by atoms with van der Waals surface area (Å²) < 4.78 is 0. The van der Waals surface area contributed by atoms with Gasteiger partial charge in [0.05, 0.1) is 11.7 Å². The Labute approximate surface area is 352 Å². The molecule has 0 aliphatic carbocycles. The van der Waals surface area contributed by atoms with Crippen molar-refractivity contribution in [2.75, 3.05) is 0 Å². The molecular formula is C54H98O2. The summed E-state index contributed by atoms with van der Waals surface area (Å²) in [6, 6.07) is 0. The SMILES string of the molecule is CCCCCC=CCC=CCCCCCCCCC(O)(CCCCCCCC=CCC=CCCCCC)C(O)CCCCCCCC=CCC=CCCCCC. The number of unbranched alkanes of at least 4 members (excludes halogenated alkanes) is 25. The molecule has 56 heavy (non-hydrogen) atoms. The maximum Gasteiger partial charge on any atom is 0.0905 e. The van der Waals surface area contributed by atoms with E-state index in [9.17, 15) is 10.2 Å². The van der Waals surface area contributed by atoms with Gasteiger partial charge in [-0.3, -0.25) is 0 Å². The van der Waals surface area contributed by atoms with Crippen molar-refractivity contribution in [3.63, 3.8) is 0 Å². The second-order valence-corrected chi connectivity index (χ2v) is 17.0. The summed E-state index contributed by atoms with van der Waals surface area (Å²) in [6.45, 7) is 6.78. The molecule has 2 unspecified atom stereocenters. The summed E-state index contributed by atoms with van der Waals surface area (Å²) >= 11 is 0. The average molecular weight is 779 g/mol. The van der Waals surface area contributed by atoms with Gasteiger partial charge in [-0.25, -0.2) is 0 Å². The minimum atomic E-state index is -0.919. The van der Waals surface area contributed by atoms with Crippen LogP contribution in [0.25, 0.3) is 0 Å². The number of allylic oxidation sites excluding steroid dienone is 12. The van der Waals surface area contributed by atoms with Crippen LogP contribution in [0.2, 0.25) is 0 Å². The lowest BCUT2D eigenvalue weighted by molar-refractivity contribution is -0.0919. The highest BCUT2D eigenvalue weighted by molar-refractivity contribution is 4.94. The zero-order chi connectivity index (χ0) is 40.7. The van der Waals surface area contributed by atoms with Crippen molar-refractivity contribution in [2.24, 2.45) is 0 Å². The van der Waals surface area contributed by atoms with Crippen LogP contribution in [0.5, 0.6) is 0 Å². The zero-order valence-electron chi connectivity index (χ0n) is 38.1. The molecule has 2 heteroatoms. The average Bonchev–Trinajstić information content (AvgIpc) is 3.20. The molecule has 0 rings (SSSR count). The number of aliphatic hydroxyl groups is 2. The van der Waals surface area contributed by atoms with Gasteiger partial charge >= 0.3 is 0 Å². The number of hydrogen-bond acceptors (Lipinski definition) is 2. The van der Waals surface area contributed by atoms with E-state index in [1.54, 1.807) is 0 Å². The summed E-state index contributed by atoms with van der Waals surface area (Å²) in [7, 11) is 0. The van der Waals surface area contributed by atoms with Gasteiger partial charge in [-0.2, -0.15) is 0 Å². The Morgan fingerprint density at radius 1 is 0.321 bits per heavy atom. The molecule has 0 spiro atoms. The van der Waals surface area contributed by atoms with Crippen molar-refractivity contribution in [1.29, 1.82) is 0 Å². The molecule has 0 amide bonds. The second kappa shape index (κ2) is 46.1. The van der Waals surface area contributed by atoms with Crippen molar-refractivity contribution < 1.29 is 10.2 Å². The van der Waals surface area contributed by atoms with E-state index in [2.05, 4.69) is 93.7 Å². The van der Waals surface area contributed by atoms with Crippen molar-refractivity contribution in [1.82, 2.24) is 0 Å². The summed E-state index contributed by atoms with van der Waals surface area (Å²) in [4.78, 5) is 0. The van der Waals surface area contributed by atoms with Crippen LogP contribution in [-0.2, 0) is 0 Å². The van der Waals surface area contributed by atoms with E-state index in [-0.39, 0.29) is 0 Å². The van der Waals surface area contributed by atoms with Crippen molar-refractivity contribution in [3.8, 4) is 0 Å². The predicted molar refractivity (Wildman–Crippen MR) is 254 cm³/mol. The molecule has 2 N–H and O–H groups in total. The maximum atomic E-state index is 11.8. The Hall–Kier alpha value is -1.64. The number of aliphatic hydroxyl groups excluding tert-OH is 1. The normalized spacial score (nSPS) is 14.3. The van der Waals surface area contributed by atoms with Gasteiger partial charge in [-0.15, -0.1) is 0 Å². The molecule has 0 aliphatic heterocycles. The Morgan fingerprint density at radius 3 is 0.875 bits per heavy atom. The van der Waals surface area contributed by atoms with Gasteiger partial charge in [0.25, 0.3) is 0 Å². The Morgan fingerprint density at radius 2 is 0.571 bits per heavy atom. The van der Waals surface area contributed by atoms with E-state index in [0.717, 1.165) is 70.6 Å². The van der Waals surface area contributed by atoms with Gasteiger partial charge in [0.15, 0.2) is 0 Å². The van der Waals surface area contributed by atoms with Crippen LogP contribution in [0, 0.1) is 0 Å². The van der Waals surface area contributed by atoms with E-state index in [1.807, 2.05) is 0 Å². The van der Waals surface area contributed by atoms with Gasteiger partial charge in [0.2, 0.25) is 0 Å². The van der Waals surface area contributed by atoms with Crippen LogP contribution in [0.3, 0.4) is 0 Å². The number of rotatable bonds is 44. The summed E-state index contributed by atoms with van der Waals surface area (Å²) in [5, 5.41) is 23.1. The smallest absolute Gasteiger partial charge is 0.0905 e. The van der Waals surface area contributed by atoms with Gasteiger partial charge in [0.1, 0.15) is 0 Å². The molecule has 2 nitrogen and oxygen atoms in total. The first-order valence-electron chi connectivity index (χ1n) is 24.9.